The molecule has 1 aromatic carbocycles. The van der Waals surface area contributed by atoms with Gasteiger partial charge in [0.1, 0.15) is 0 Å². The summed E-state index contributed by atoms with van der Waals surface area (Å²) in [5.41, 5.74) is 8.11. The van der Waals surface area contributed by atoms with E-state index in [1.54, 1.807) is 6.07 Å². The third kappa shape index (κ3) is 5.28. The number of aryl methyl sites for hydroxylation is 1. The summed E-state index contributed by atoms with van der Waals surface area (Å²) in [6.07, 6.45) is 0.414. The normalized spacial score (nSPS) is 10.7. The first-order valence-corrected chi connectivity index (χ1v) is 6.56. The fourth-order valence-corrected chi connectivity index (χ4v) is 1.87. The Morgan fingerprint density at radius 3 is 2.74 bits per heavy atom. The van der Waals surface area contributed by atoms with Crippen LogP contribution >= 0.6 is 0 Å². The van der Waals surface area contributed by atoms with Crippen molar-refractivity contribution < 1.29 is 9.90 Å². The summed E-state index contributed by atoms with van der Waals surface area (Å²) in [5.74, 6) is -0.0238. The number of hydrogen-bond acceptors (Lipinski definition) is 4. The molecule has 0 aliphatic rings. The van der Waals surface area contributed by atoms with Crippen LogP contribution in [-0.2, 0) is 4.79 Å². The summed E-state index contributed by atoms with van der Waals surface area (Å²) in [4.78, 5) is 13.9. The van der Waals surface area contributed by atoms with Gasteiger partial charge in [-0.1, -0.05) is 6.92 Å². The van der Waals surface area contributed by atoms with Crippen molar-refractivity contribution in [3.05, 3.63) is 23.8 Å². The molecule has 0 saturated heterocycles. The number of hydrogen-bond donors (Lipinski definition) is 3. The van der Waals surface area contributed by atoms with Gasteiger partial charge in [-0.3, -0.25) is 4.79 Å². The number of aliphatic hydroxyl groups excluding tert-OH is 1. The molecule has 0 radical (unpaired) electrons. The minimum absolute atomic E-state index is 0.0238. The number of nitrogens with one attached hydrogen (secondary N) is 1. The molecule has 0 fully saturated rings. The number of carbonyl (C=O) groups is 1. The number of nitrogen functional groups attached to an aromatic ring is 1. The van der Waals surface area contributed by atoms with Gasteiger partial charge >= 0.3 is 0 Å². The molecule has 0 heterocycles. The molecule has 19 heavy (non-hydrogen) atoms. The number of rotatable bonds is 7. The van der Waals surface area contributed by atoms with Gasteiger partial charge in [-0.05, 0) is 37.2 Å². The molecule has 1 rings (SSSR count). The highest BCUT2D eigenvalue weighted by molar-refractivity contribution is 5.91. The van der Waals surface area contributed by atoms with Crippen molar-refractivity contribution in [2.75, 3.05) is 37.3 Å². The molecule has 106 valence electrons. The van der Waals surface area contributed by atoms with E-state index in [4.69, 9.17) is 10.8 Å². The average Bonchev–Trinajstić information content (AvgIpc) is 2.38. The molecule has 5 heteroatoms. The number of carbonyl (C=O) groups excluding carboxylic acids is 1. The smallest absolute Gasteiger partial charge is 0.225 e. The summed E-state index contributed by atoms with van der Waals surface area (Å²) >= 11 is 0. The second kappa shape index (κ2) is 7.76. The summed E-state index contributed by atoms with van der Waals surface area (Å²) in [6, 6.07) is 5.42. The molecule has 4 N–H and O–H groups in total. The van der Waals surface area contributed by atoms with Crippen molar-refractivity contribution in [2.45, 2.75) is 20.3 Å². The fourth-order valence-electron chi connectivity index (χ4n) is 1.87. The van der Waals surface area contributed by atoms with Gasteiger partial charge in [0.15, 0.2) is 0 Å². The summed E-state index contributed by atoms with van der Waals surface area (Å²) < 4.78 is 0. The lowest BCUT2D eigenvalue weighted by atomic mass is 10.2. The molecule has 0 unspecified atom stereocenters. The van der Waals surface area contributed by atoms with Crippen LogP contribution in [0.5, 0.6) is 0 Å². The molecule has 0 saturated carbocycles. The highest BCUT2D eigenvalue weighted by Gasteiger charge is 2.08. The van der Waals surface area contributed by atoms with Crippen LogP contribution in [0.3, 0.4) is 0 Å². The number of nitrogens with zero attached hydrogens (tertiary/aromatic N) is 1. The lowest BCUT2D eigenvalue weighted by Crippen LogP contribution is -2.30. The maximum atomic E-state index is 11.8. The zero-order valence-corrected chi connectivity index (χ0v) is 11.6. The molecule has 0 aromatic heterocycles. The summed E-state index contributed by atoms with van der Waals surface area (Å²) in [6.45, 7) is 6.12. The highest BCUT2D eigenvalue weighted by Crippen LogP contribution is 2.17. The molecule has 5 nitrogen and oxygen atoms in total. The molecular weight excluding hydrogens is 242 g/mol. The molecule has 0 spiro atoms. The predicted molar refractivity (Wildman–Crippen MR) is 78.0 cm³/mol. The summed E-state index contributed by atoms with van der Waals surface area (Å²) in [7, 11) is 0. The Kier molecular flexibility index (Phi) is 6.32. The minimum atomic E-state index is -0.0238. The van der Waals surface area contributed by atoms with Gasteiger partial charge in [0.25, 0.3) is 0 Å². The van der Waals surface area contributed by atoms with Gasteiger partial charge in [-0.25, -0.2) is 0 Å². The molecular formula is C14H23N3O2. The van der Waals surface area contributed by atoms with Gasteiger partial charge in [0, 0.05) is 30.9 Å². The second-order valence-electron chi connectivity index (χ2n) is 4.53. The average molecular weight is 265 g/mol. The maximum absolute atomic E-state index is 11.8. The van der Waals surface area contributed by atoms with Gasteiger partial charge in [0.05, 0.1) is 6.61 Å². The molecule has 0 aliphatic heterocycles. The Morgan fingerprint density at radius 1 is 1.42 bits per heavy atom. The predicted octanol–water partition coefficient (Wildman–Crippen LogP) is 1.22. The van der Waals surface area contributed by atoms with Crippen molar-refractivity contribution in [2.24, 2.45) is 0 Å². The highest BCUT2D eigenvalue weighted by atomic mass is 16.3. The number of amides is 1. The number of likely N-dealkylation sites (N-methyl/N-ethyl adjacent to an activating group) is 1. The van der Waals surface area contributed by atoms with E-state index in [1.807, 2.05) is 30.9 Å². The second-order valence-corrected chi connectivity index (χ2v) is 4.53. The van der Waals surface area contributed by atoms with Crippen molar-refractivity contribution >= 4 is 17.3 Å². The van der Waals surface area contributed by atoms with Crippen LogP contribution in [0.2, 0.25) is 0 Å². The van der Waals surface area contributed by atoms with E-state index in [9.17, 15) is 4.79 Å². The van der Waals surface area contributed by atoms with Crippen molar-refractivity contribution in [3.8, 4) is 0 Å². The van der Waals surface area contributed by atoms with Crippen LogP contribution in [0.4, 0.5) is 11.4 Å². The van der Waals surface area contributed by atoms with Gasteiger partial charge < -0.3 is 21.1 Å². The van der Waals surface area contributed by atoms with Crippen molar-refractivity contribution in [1.82, 2.24) is 4.90 Å². The van der Waals surface area contributed by atoms with Crippen LogP contribution in [0.1, 0.15) is 18.9 Å². The summed E-state index contributed by atoms with van der Waals surface area (Å²) in [5, 5.41) is 11.8. The van der Waals surface area contributed by atoms with Gasteiger partial charge in [-0.15, -0.1) is 0 Å². The zero-order chi connectivity index (χ0) is 14.3. The van der Waals surface area contributed by atoms with Crippen LogP contribution in [0, 0.1) is 6.92 Å². The number of nitrogens with two attached hydrogens (primary N) is 1. The number of benzene rings is 1. The van der Waals surface area contributed by atoms with Crippen LogP contribution in [0.15, 0.2) is 18.2 Å². The first kappa shape index (κ1) is 15.5. The topological polar surface area (TPSA) is 78.6 Å². The first-order valence-electron chi connectivity index (χ1n) is 6.56. The Bertz CT molecular complexity index is 421. The quantitative estimate of drug-likeness (QED) is 0.648. The fraction of sp³-hybridized carbons (Fsp3) is 0.500. The lowest BCUT2D eigenvalue weighted by Gasteiger charge is -2.18. The zero-order valence-electron chi connectivity index (χ0n) is 11.6. The third-order valence-corrected chi connectivity index (χ3v) is 3.04. The Labute approximate surface area is 114 Å². The van der Waals surface area contributed by atoms with Crippen LogP contribution < -0.4 is 11.1 Å². The van der Waals surface area contributed by atoms with E-state index in [0.29, 0.717) is 25.2 Å². The van der Waals surface area contributed by atoms with Gasteiger partial charge in [-0.2, -0.15) is 0 Å². The minimum Gasteiger partial charge on any atom is -0.399 e. The Hall–Kier alpha value is -1.59. The SMILES string of the molecule is CCN(CCO)CCC(=O)Nc1ccc(N)cc1C. The van der Waals surface area contributed by atoms with Crippen LogP contribution in [-0.4, -0.2) is 42.2 Å². The van der Waals surface area contributed by atoms with Crippen molar-refractivity contribution in [1.29, 1.82) is 0 Å². The van der Waals surface area contributed by atoms with E-state index in [-0.39, 0.29) is 12.5 Å². The number of aliphatic hydroxyl groups is 1. The van der Waals surface area contributed by atoms with E-state index >= 15 is 0 Å². The largest absolute Gasteiger partial charge is 0.399 e. The van der Waals surface area contributed by atoms with E-state index in [1.165, 1.54) is 0 Å². The molecule has 1 aromatic rings. The molecule has 0 aliphatic carbocycles. The van der Waals surface area contributed by atoms with Crippen molar-refractivity contribution in [3.63, 3.8) is 0 Å². The van der Waals surface area contributed by atoms with E-state index in [2.05, 4.69) is 5.32 Å². The lowest BCUT2D eigenvalue weighted by molar-refractivity contribution is -0.116. The number of anilines is 2. The maximum Gasteiger partial charge on any atom is 0.225 e. The standard InChI is InChI=1S/C14H23N3O2/c1-3-17(8-9-18)7-6-14(19)16-13-5-4-12(15)10-11(13)2/h4-5,10,18H,3,6-9,15H2,1-2H3,(H,16,19). The van der Waals surface area contributed by atoms with E-state index < -0.39 is 0 Å². The third-order valence-electron chi connectivity index (χ3n) is 3.04. The molecule has 0 atom stereocenters. The molecule has 1 amide bonds. The first-order chi connectivity index (χ1) is 9.06. The van der Waals surface area contributed by atoms with Crippen LogP contribution in [0.25, 0.3) is 0 Å². The Balaban J connectivity index is 2.46. The van der Waals surface area contributed by atoms with E-state index in [0.717, 1.165) is 17.8 Å². The molecule has 0 bridgehead atoms. The Morgan fingerprint density at radius 2 is 2.16 bits per heavy atom. The van der Waals surface area contributed by atoms with Gasteiger partial charge in [0.2, 0.25) is 5.91 Å². The monoisotopic (exact) mass is 265 g/mol.